The largest absolute Gasteiger partial charge is 0.354 e. The topological polar surface area (TPSA) is 85.9 Å². The highest BCUT2D eigenvalue weighted by molar-refractivity contribution is 7.18. The van der Waals surface area contributed by atoms with Crippen molar-refractivity contribution >= 4 is 44.4 Å². The van der Waals surface area contributed by atoms with E-state index in [2.05, 4.69) is 77.4 Å². The number of rotatable bonds is 5. The van der Waals surface area contributed by atoms with Crippen LogP contribution in [0.3, 0.4) is 0 Å². The minimum Gasteiger partial charge on any atom is -0.354 e. The van der Waals surface area contributed by atoms with Crippen molar-refractivity contribution in [1.82, 2.24) is 29.8 Å². The van der Waals surface area contributed by atoms with Crippen molar-refractivity contribution in [2.24, 2.45) is 0 Å². The van der Waals surface area contributed by atoms with E-state index in [9.17, 15) is 0 Å². The normalized spacial score (nSPS) is 14.8. The third-order valence-corrected chi connectivity index (χ3v) is 7.26. The van der Waals surface area contributed by atoms with E-state index in [0.29, 0.717) is 12.5 Å². The van der Waals surface area contributed by atoms with E-state index in [4.69, 9.17) is 0 Å². The molecule has 0 radical (unpaired) electrons. The summed E-state index contributed by atoms with van der Waals surface area (Å²) in [5.41, 5.74) is 5.19. The number of thiazole rings is 1. The first kappa shape index (κ1) is 21.0. The Morgan fingerprint density at radius 1 is 1.03 bits per heavy atom. The van der Waals surface area contributed by atoms with Crippen LogP contribution >= 0.6 is 11.3 Å². The van der Waals surface area contributed by atoms with Crippen molar-refractivity contribution in [2.75, 3.05) is 43.4 Å². The van der Waals surface area contributed by atoms with Crippen molar-refractivity contribution in [1.29, 1.82) is 0 Å². The second kappa shape index (κ2) is 8.66. The van der Waals surface area contributed by atoms with Gasteiger partial charge in [0.2, 0.25) is 5.95 Å². The second-order valence-corrected chi connectivity index (χ2v) is 9.98. The summed E-state index contributed by atoms with van der Waals surface area (Å²) in [5.74, 6) is 1.64. The number of anilines is 2. The first-order chi connectivity index (χ1) is 16.6. The van der Waals surface area contributed by atoms with Crippen LogP contribution in [0.5, 0.6) is 0 Å². The zero-order chi connectivity index (χ0) is 23.1. The van der Waals surface area contributed by atoms with Gasteiger partial charge in [0.15, 0.2) is 0 Å². The van der Waals surface area contributed by atoms with Crippen LogP contribution in [0.15, 0.2) is 48.9 Å². The fourth-order valence-corrected chi connectivity index (χ4v) is 5.23. The lowest BCUT2D eigenvalue weighted by Crippen LogP contribution is -2.44. The van der Waals surface area contributed by atoms with E-state index >= 15 is 0 Å². The Hall–Kier alpha value is -3.56. The molecule has 34 heavy (non-hydrogen) atoms. The molecule has 1 saturated heterocycles. The summed E-state index contributed by atoms with van der Waals surface area (Å²) in [6, 6.07) is 10.6. The maximum Gasteiger partial charge on any atom is 0.224 e. The Kier molecular flexibility index (Phi) is 5.35. The third-order valence-electron chi connectivity index (χ3n) is 6.33. The number of hydrogen-bond donors (Lipinski definition) is 2. The molecular weight excluding hydrogens is 444 g/mol. The zero-order valence-corrected chi connectivity index (χ0v) is 20.1. The van der Waals surface area contributed by atoms with Crippen molar-refractivity contribution < 1.29 is 0 Å². The van der Waals surface area contributed by atoms with Gasteiger partial charge in [0, 0.05) is 62.3 Å². The molecule has 2 N–H and O–H groups in total. The lowest BCUT2D eigenvalue weighted by atomic mass is 10.1. The lowest BCUT2D eigenvalue weighted by Gasteiger charge is -2.33. The molecule has 0 unspecified atom stereocenters. The Balaban J connectivity index is 1.15. The van der Waals surface area contributed by atoms with Crippen molar-refractivity contribution in [3.05, 3.63) is 59.5 Å². The van der Waals surface area contributed by atoms with Gasteiger partial charge in [-0.25, -0.2) is 15.0 Å². The monoisotopic (exact) mass is 470 g/mol. The fourth-order valence-electron chi connectivity index (χ4n) is 4.36. The SMILES string of the molecule is Cc1nc2ccc(-c3c[nH]c4nc(NCc5ccc(N6CCN(C)CC6)nc5)ncc34)cc2s1. The highest BCUT2D eigenvalue weighted by Crippen LogP contribution is 2.32. The van der Waals surface area contributed by atoms with Gasteiger partial charge < -0.3 is 20.1 Å². The van der Waals surface area contributed by atoms with Crippen LogP contribution in [0.1, 0.15) is 10.6 Å². The molecule has 1 fully saturated rings. The number of aromatic nitrogens is 5. The first-order valence-electron chi connectivity index (χ1n) is 11.5. The van der Waals surface area contributed by atoms with Gasteiger partial charge in [-0.15, -0.1) is 11.3 Å². The number of nitrogens with zero attached hydrogens (tertiary/aromatic N) is 6. The van der Waals surface area contributed by atoms with Crippen LogP contribution in [-0.2, 0) is 6.54 Å². The van der Waals surface area contributed by atoms with Crippen LogP contribution in [0.25, 0.3) is 32.4 Å². The highest BCUT2D eigenvalue weighted by atomic mass is 32.1. The molecule has 0 bridgehead atoms. The minimum absolute atomic E-state index is 0.595. The molecule has 0 aliphatic carbocycles. The number of nitrogens with one attached hydrogen (secondary N) is 2. The molecule has 1 aromatic carbocycles. The molecule has 1 aliphatic rings. The smallest absolute Gasteiger partial charge is 0.224 e. The standard InChI is InChI=1S/C25H26N8S/c1-16-30-21-5-4-18(11-22(21)34-16)19-14-27-24-20(19)15-29-25(31-24)28-13-17-3-6-23(26-12-17)33-9-7-32(2)8-10-33/h3-6,11-12,14-15H,7-10,13H2,1-2H3,(H2,27,28,29,31). The average molecular weight is 471 g/mol. The quantitative estimate of drug-likeness (QED) is 0.396. The Morgan fingerprint density at radius 2 is 1.91 bits per heavy atom. The molecular formula is C25H26N8S. The molecule has 9 heteroatoms. The van der Waals surface area contributed by atoms with Crippen molar-refractivity contribution in [3.8, 4) is 11.1 Å². The summed E-state index contributed by atoms with van der Waals surface area (Å²) in [6.07, 6.45) is 5.82. The summed E-state index contributed by atoms with van der Waals surface area (Å²) in [7, 11) is 2.16. The number of aryl methyl sites for hydroxylation is 1. The van der Waals surface area contributed by atoms with Crippen LogP contribution in [0, 0.1) is 6.92 Å². The number of piperazine rings is 1. The summed E-state index contributed by atoms with van der Waals surface area (Å²) < 4.78 is 1.19. The van der Waals surface area contributed by atoms with Gasteiger partial charge in [0.1, 0.15) is 11.5 Å². The highest BCUT2D eigenvalue weighted by Gasteiger charge is 2.15. The summed E-state index contributed by atoms with van der Waals surface area (Å²) in [6.45, 7) is 6.85. The van der Waals surface area contributed by atoms with E-state index in [0.717, 1.165) is 70.2 Å². The van der Waals surface area contributed by atoms with Gasteiger partial charge >= 0.3 is 0 Å². The number of aromatic amines is 1. The molecule has 0 saturated carbocycles. The summed E-state index contributed by atoms with van der Waals surface area (Å²) >= 11 is 1.71. The van der Waals surface area contributed by atoms with E-state index < -0.39 is 0 Å². The zero-order valence-electron chi connectivity index (χ0n) is 19.2. The number of hydrogen-bond acceptors (Lipinski definition) is 8. The fraction of sp³-hybridized carbons (Fsp3) is 0.280. The van der Waals surface area contributed by atoms with Crippen LogP contribution < -0.4 is 10.2 Å². The Morgan fingerprint density at radius 3 is 2.74 bits per heavy atom. The maximum atomic E-state index is 4.68. The van der Waals surface area contributed by atoms with Gasteiger partial charge in [-0.2, -0.15) is 4.98 Å². The van der Waals surface area contributed by atoms with E-state index in [1.165, 1.54) is 4.70 Å². The molecule has 0 amide bonds. The molecule has 6 rings (SSSR count). The summed E-state index contributed by atoms with van der Waals surface area (Å²) in [4.78, 5) is 26.4. The second-order valence-electron chi connectivity index (χ2n) is 8.74. The first-order valence-corrected chi connectivity index (χ1v) is 12.3. The molecule has 4 aromatic heterocycles. The molecule has 172 valence electrons. The van der Waals surface area contributed by atoms with Crippen LogP contribution in [0.4, 0.5) is 11.8 Å². The Bertz CT molecular complexity index is 1450. The predicted molar refractivity (Wildman–Crippen MR) is 139 cm³/mol. The molecule has 1 aliphatic heterocycles. The minimum atomic E-state index is 0.595. The molecule has 5 heterocycles. The van der Waals surface area contributed by atoms with Gasteiger partial charge in [0.25, 0.3) is 0 Å². The maximum absolute atomic E-state index is 4.68. The van der Waals surface area contributed by atoms with Gasteiger partial charge in [-0.3, -0.25) is 0 Å². The molecule has 8 nitrogen and oxygen atoms in total. The molecule has 0 atom stereocenters. The number of benzene rings is 1. The van der Waals surface area contributed by atoms with Gasteiger partial charge in [0.05, 0.1) is 15.2 Å². The van der Waals surface area contributed by atoms with E-state index in [1.54, 1.807) is 11.3 Å². The van der Waals surface area contributed by atoms with Crippen LogP contribution in [0.2, 0.25) is 0 Å². The Labute approximate surface area is 201 Å². The van der Waals surface area contributed by atoms with Crippen molar-refractivity contribution in [2.45, 2.75) is 13.5 Å². The predicted octanol–water partition coefficient (Wildman–Crippen LogP) is 4.30. The van der Waals surface area contributed by atoms with Crippen LogP contribution in [-0.4, -0.2) is 63.0 Å². The van der Waals surface area contributed by atoms with E-state index in [1.807, 2.05) is 25.5 Å². The third kappa shape index (κ3) is 4.08. The number of fused-ring (bicyclic) bond motifs is 2. The average Bonchev–Trinajstić information content (AvgIpc) is 3.45. The lowest BCUT2D eigenvalue weighted by molar-refractivity contribution is 0.312. The number of likely N-dealkylation sites (N-methyl/N-ethyl adjacent to an activating group) is 1. The molecule has 5 aromatic rings. The molecule has 0 spiro atoms. The number of H-pyrrole nitrogens is 1. The van der Waals surface area contributed by atoms with Gasteiger partial charge in [-0.1, -0.05) is 12.1 Å². The number of pyridine rings is 1. The van der Waals surface area contributed by atoms with Crippen molar-refractivity contribution in [3.63, 3.8) is 0 Å². The van der Waals surface area contributed by atoms with E-state index in [-0.39, 0.29) is 0 Å². The van der Waals surface area contributed by atoms with Gasteiger partial charge in [-0.05, 0) is 43.3 Å². The summed E-state index contributed by atoms with van der Waals surface area (Å²) in [5, 5.41) is 5.41.